The molecule has 2 aliphatic rings. The number of hydrogen-bond acceptors (Lipinski definition) is 5. The lowest BCUT2D eigenvalue weighted by Gasteiger charge is -2.29. The molecule has 4 rings (SSSR count). The number of amides is 4. The highest BCUT2D eigenvalue weighted by Gasteiger charge is 2.36. The molecular formula is C21H17BrFN3O4. The van der Waals surface area contributed by atoms with Crippen LogP contribution in [0.4, 0.5) is 20.6 Å². The molecule has 2 fully saturated rings. The summed E-state index contributed by atoms with van der Waals surface area (Å²) >= 11 is 3.29. The second kappa shape index (κ2) is 8.37. The van der Waals surface area contributed by atoms with E-state index in [4.69, 9.17) is 4.74 Å². The van der Waals surface area contributed by atoms with Crippen LogP contribution in [0, 0.1) is 5.82 Å². The Morgan fingerprint density at radius 1 is 1.03 bits per heavy atom. The summed E-state index contributed by atoms with van der Waals surface area (Å²) < 4.78 is 20.7. The lowest BCUT2D eigenvalue weighted by molar-refractivity contribution is -0.122. The Kier molecular flexibility index (Phi) is 5.65. The summed E-state index contributed by atoms with van der Waals surface area (Å²) in [4.78, 5) is 40.1. The normalized spacial score (nSPS) is 18.7. The van der Waals surface area contributed by atoms with Gasteiger partial charge in [0.25, 0.3) is 11.8 Å². The molecule has 2 heterocycles. The number of benzene rings is 2. The number of urea groups is 1. The highest BCUT2D eigenvalue weighted by atomic mass is 79.9. The number of barbiturate groups is 1. The van der Waals surface area contributed by atoms with Gasteiger partial charge in [-0.1, -0.05) is 22.0 Å². The molecule has 9 heteroatoms. The van der Waals surface area contributed by atoms with Gasteiger partial charge in [0.2, 0.25) is 0 Å². The van der Waals surface area contributed by atoms with Crippen LogP contribution >= 0.6 is 15.9 Å². The number of carbonyl (C=O) groups excluding carboxylic acids is 3. The maximum absolute atomic E-state index is 14.7. The number of rotatable bonds is 3. The zero-order chi connectivity index (χ0) is 21.3. The van der Waals surface area contributed by atoms with Gasteiger partial charge < -0.3 is 9.64 Å². The molecule has 0 atom stereocenters. The lowest BCUT2D eigenvalue weighted by Crippen LogP contribution is -2.54. The van der Waals surface area contributed by atoms with Crippen LogP contribution in [0.3, 0.4) is 0 Å². The van der Waals surface area contributed by atoms with E-state index in [1.165, 1.54) is 12.1 Å². The third kappa shape index (κ3) is 3.99. The van der Waals surface area contributed by atoms with Gasteiger partial charge in [-0.2, -0.15) is 0 Å². The van der Waals surface area contributed by atoms with Crippen LogP contribution in [0.2, 0.25) is 0 Å². The third-order valence-electron chi connectivity index (χ3n) is 4.82. The van der Waals surface area contributed by atoms with Gasteiger partial charge in [0.1, 0.15) is 11.4 Å². The average Bonchev–Trinajstić information content (AvgIpc) is 2.73. The molecule has 7 nitrogen and oxygen atoms in total. The molecule has 2 saturated heterocycles. The quantitative estimate of drug-likeness (QED) is 0.547. The van der Waals surface area contributed by atoms with Gasteiger partial charge >= 0.3 is 6.03 Å². The van der Waals surface area contributed by atoms with Gasteiger partial charge in [0.15, 0.2) is 0 Å². The van der Waals surface area contributed by atoms with E-state index >= 15 is 0 Å². The van der Waals surface area contributed by atoms with Gasteiger partial charge in [-0.15, -0.1) is 0 Å². The van der Waals surface area contributed by atoms with Crippen molar-refractivity contribution in [1.82, 2.24) is 5.32 Å². The second-order valence-electron chi connectivity index (χ2n) is 6.74. The minimum absolute atomic E-state index is 0.254. The molecule has 2 aromatic carbocycles. The lowest BCUT2D eigenvalue weighted by atomic mass is 10.1. The van der Waals surface area contributed by atoms with Gasteiger partial charge in [-0.25, -0.2) is 14.1 Å². The number of imide groups is 2. The zero-order valence-corrected chi connectivity index (χ0v) is 17.3. The van der Waals surface area contributed by atoms with Crippen LogP contribution in [0.1, 0.15) is 5.56 Å². The molecule has 154 valence electrons. The van der Waals surface area contributed by atoms with Crippen LogP contribution in [0.5, 0.6) is 0 Å². The number of anilines is 2. The molecule has 30 heavy (non-hydrogen) atoms. The van der Waals surface area contributed by atoms with Crippen molar-refractivity contribution in [2.75, 3.05) is 36.1 Å². The smallest absolute Gasteiger partial charge is 0.335 e. The summed E-state index contributed by atoms with van der Waals surface area (Å²) in [6.07, 6.45) is 1.28. The third-order valence-corrected chi connectivity index (χ3v) is 5.35. The van der Waals surface area contributed by atoms with E-state index in [-0.39, 0.29) is 5.57 Å². The monoisotopic (exact) mass is 473 g/mol. The first-order valence-electron chi connectivity index (χ1n) is 9.23. The highest BCUT2D eigenvalue weighted by molar-refractivity contribution is 9.10. The number of nitrogens with one attached hydrogen (secondary N) is 1. The second-order valence-corrected chi connectivity index (χ2v) is 7.66. The highest BCUT2D eigenvalue weighted by Crippen LogP contribution is 2.26. The van der Waals surface area contributed by atoms with Crippen molar-refractivity contribution in [3.05, 3.63) is 63.9 Å². The van der Waals surface area contributed by atoms with Crippen LogP contribution < -0.4 is 15.1 Å². The molecule has 0 spiro atoms. The van der Waals surface area contributed by atoms with Crippen molar-refractivity contribution in [1.29, 1.82) is 0 Å². The molecule has 0 aliphatic carbocycles. The van der Waals surface area contributed by atoms with Crippen LogP contribution in [-0.4, -0.2) is 44.1 Å². The summed E-state index contributed by atoms with van der Waals surface area (Å²) in [6, 6.07) is 10.2. The molecule has 0 radical (unpaired) electrons. The van der Waals surface area contributed by atoms with Crippen LogP contribution in [0.15, 0.2) is 52.5 Å². The largest absolute Gasteiger partial charge is 0.378 e. The minimum Gasteiger partial charge on any atom is -0.378 e. The maximum Gasteiger partial charge on any atom is 0.335 e. The van der Waals surface area contributed by atoms with E-state index in [9.17, 15) is 18.8 Å². The molecule has 2 aromatic rings. The fourth-order valence-electron chi connectivity index (χ4n) is 3.32. The number of morpholine rings is 1. The first kappa shape index (κ1) is 20.2. The fraction of sp³-hybridized carbons (Fsp3) is 0.190. The Hall–Kier alpha value is -3.04. The maximum atomic E-state index is 14.7. The van der Waals surface area contributed by atoms with E-state index in [0.29, 0.717) is 43.2 Å². The molecule has 1 N–H and O–H groups in total. The van der Waals surface area contributed by atoms with Crippen LogP contribution in [-0.2, 0) is 14.3 Å². The molecule has 0 saturated carbocycles. The summed E-state index contributed by atoms with van der Waals surface area (Å²) in [6.45, 7) is 2.23. The molecule has 4 amide bonds. The summed E-state index contributed by atoms with van der Waals surface area (Å²) in [5.41, 5.74) is 0.837. The van der Waals surface area contributed by atoms with Crippen molar-refractivity contribution in [3.63, 3.8) is 0 Å². The fourth-order valence-corrected chi connectivity index (χ4v) is 3.59. The Bertz CT molecular complexity index is 1050. The van der Waals surface area contributed by atoms with Crippen molar-refractivity contribution in [2.45, 2.75) is 0 Å². The Balaban J connectivity index is 1.64. The number of hydrogen-bond donors (Lipinski definition) is 1. The molecule has 0 aromatic heterocycles. The van der Waals surface area contributed by atoms with E-state index in [1.54, 1.807) is 36.4 Å². The predicted octanol–water partition coefficient (Wildman–Crippen LogP) is 3.09. The standard InChI is InChI=1S/C21H17BrFN3O4/c22-14-2-4-15(5-3-14)26-20(28)16(19(27)24-21(26)29)11-13-1-6-18(17(23)12-13)25-7-9-30-10-8-25/h1-6,11-12H,7-10H2,(H,24,27,29)/b16-11+. The first-order valence-corrected chi connectivity index (χ1v) is 10.0. The predicted molar refractivity (Wildman–Crippen MR) is 113 cm³/mol. The van der Waals surface area contributed by atoms with Gasteiger partial charge in [-0.05, 0) is 48.0 Å². The van der Waals surface area contributed by atoms with Crippen LogP contribution in [0.25, 0.3) is 6.08 Å². The van der Waals surface area contributed by atoms with E-state index in [1.807, 2.05) is 4.90 Å². The number of halogens is 2. The number of ether oxygens (including phenoxy) is 1. The van der Waals surface area contributed by atoms with Crippen molar-refractivity contribution >= 4 is 51.2 Å². The molecular weight excluding hydrogens is 457 g/mol. The minimum atomic E-state index is -0.835. The summed E-state index contributed by atoms with van der Waals surface area (Å²) in [5.74, 6) is -2.06. The Labute approximate surface area is 180 Å². The van der Waals surface area contributed by atoms with Crippen molar-refractivity contribution < 1.29 is 23.5 Å². The van der Waals surface area contributed by atoms with Gasteiger partial charge in [0, 0.05) is 17.6 Å². The van der Waals surface area contributed by atoms with Gasteiger partial charge in [0.05, 0.1) is 24.6 Å². The van der Waals surface area contributed by atoms with Gasteiger partial charge in [-0.3, -0.25) is 14.9 Å². The molecule has 2 aliphatic heterocycles. The van der Waals surface area contributed by atoms with E-state index in [2.05, 4.69) is 21.2 Å². The topological polar surface area (TPSA) is 79.0 Å². The summed E-state index contributed by atoms with van der Waals surface area (Å²) in [7, 11) is 0. The Morgan fingerprint density at radius 2 is 1.73 bits per heavy atom. The summed E-state index contributed by atoms with van der Waals surface area (Å²) in [5, 5.41) is 2.15. The van der Waals surface area contributed by atoms with Crippen molar-refractivity contribution in [3.8, 4) is 0 Å². The first-order chi connectivity index (χ1) is 14.4. The average molecular weight is 474 g/mol. The van der Waals surface area contributed by atoms with E-state index < -0.39 is 23.7 Å². The Morgan fingerprint density at radius 3 is 2.40 bits per heavy atom. The zero-order valence-electron chi connectivity index (χ0n) is 15.7. The molecule has 0 unspecified atom stereocenters. The number of nitrogens with zero attached hydrogens (tertiary/aromatic N) is 2. The molecule has 0 bridgehead atoms. The van der Waals surface area contributed by atoms with Crippen molar-refractivity contribution in [2.24, 2.45) is 0 Å². The number of carbonyl (C=O) groups is 3. The SMILES string of the molecule is O=C1NC(=O)N(c2ccc(Br)cc2)C(=O)/C1=C/c1ccc(N2CCOCC2)c(F)c1. The van der Waals surface area contributed by atoms with E-state index in [0.717, 1.165) is 9.37 Å².